The maximum atomic E-state index is 12.6. The molecule has 2 aromatic rings. The molecule has 114 valence electrons. The molecule has 0 radical (unpaired) electrons. The van der Waals surface area contributed by atoms with E-state index in [1.54, 1.807) is 0 Å². The Hall–Kier alpha value is -2.09. The van der Waals surface area contributed by atoms with Crippen LogP contribution in [0.15, 0.2) is 48.5 Å². The van der Waals surface area contributed by atoms with Crippen molar-refractivity contribution in [1.29, 1.82) is 0 Å². The zero-order valence-corrected chi connectivity index (χ0v) is 13.8. The number of carbonyl (C=O) groups is 1. The lowest BCUT2D eigenvalue weighted by Gasteiger charge is -2.34. The van der Waals surface area contributed by atoms with Gasteiger partial charge in [0.1, 0.15) is 0 Å². The molecule has 2 heteroatoms. The highest BCUT2D eigenvalue weighted by atomic mass is 16.2. The first kappa shape index (κ1) is 14.8. The largest absolute Gasteiger partial charge is 0.334 e. The van der Waals surface area contributed by atoms with E-state index in [0.717, 1.165) is 17.5 Å². The zero-order valence-electron chi connectivity index (χ0n) is 13.8. The molecule has 0 spiro atoms. The number of amides is 1. The summed E-state index contributed by atoms with van der Waals surface area (Å²) in [5, 5.41) is 0. The Kier molecular flexibility index (Phi) is 3.56. The second-order valence-corrected chi connectivity index (χ2v) is 7.17. The number of carbonyl (C=O) groups excluding carboxylic acids is 1. The fourth-order valence-corrected chi connectivity index (χ4v) is 3.13. The van der Waals surface area contributed by atoms with Gasteiger partial charge in [-0.1, -0.05) is 63.2 Å². The molecule has 1 amide bonds. The van der Waals surface area contributed by atoms with E-state index in [1.807, 2.05) is 30.1 Å². The number of hydrogen-bond acceptors (Lipinski definition) is 1. The monoisotopic (exact) mass is 293 g/mol. The standard InChI is InChI=1S/C20H23NO/c1-20(2,3)16-11-9-14(10-12-16)18-13-15-7-5-6-8-17(15)19(22)21(18)4/h5-12,18H,13H2,1-4H3. The summed E-state index contributed by atoms with van der Waals surface area (Å²) in [4.78, 5) is 14.4. The van der Waals surface area contributed by atoms with Crippen LogP contribution in [0, 0.1) is 0 Å². The first-order valence-corrected chi connectivity index (χ1v) is 7.83. The Labute approximate surface area is 132 Å². The minimum Gasteiger partial charge on any atom is -0.334 e. The topological polar surface area (TPSA) is 20.3 Å². The predicted octanol–water partition coefficient (Wildman–Crippen LogP) is 4.35. The SMILES string of the molecule is CN1C(=O)c2ccccc2CC1c1ccc(C(C)(C)C)cc1. The highest BCUT2D eigenvalue weighted by Crippen LogP contribution is 2.33. The fourth-order valence-electron chi connectivity index (χ4n) is 3.13. The third kappa shape index (κ3) is 2.54. The number of likely N-dealkylation sites (N-methyl/N-ethyl adjacent to an activating group) is 1. The minimum atomic E-state index is 0.117. The lowest BCUT2D eigenvalue weighted by atomic mass is 9.84. The zero-order chi connectivity index (χ0) is 15.9. The molecule has 1 aliphatic rings. The lowest BCUT2D eigenvalue weighted by Crippen LogP contribution is -2.37. The van der Waals surface area contributed by atoms with Crippen LogP contribution in [0.3, 0.4) is 0 Å². The third-order valence-corrected chi connectivity index (χ3v) is 4.61. The van der Waals surface area contributed by atoms with E-state index in [1.165, 1.54) is 11.1 Å². The molecule has 1 heterocycles. The Morgan fingerprint density at radius 1 is 1.00 bits per heavy atom. The molecule has 1 unspecified atom stereocenters. The maximum absolute atomic E-state index is 12.6. The molecular formula is C20H23NO. The lowest BCUT2D eigenvalue weighted by molar-refractivity contribution is 0.0705. The molecule has 0 aromatic heterocycles. The van der Waals surface area contributed by atoms with Gasteiger partial charge in [-0.05, 0) is 34.6 Å². The highest BCUT2D eigenvalue weighted by Gasteiger charge is 2.30. The van der Waals surface area contributed by atoms with Gasteiger partial charge in [0.2, 0.25) is 0 Å². The van der Waals surface area contributed by atoms with Crippen molar-refractivity contribution in [3.8, 4) is 0 Å². The van der Waals surface area contributed by atoms with Crippen molar-refractivity contribution in [2.24, 2.45) is 0 Å². The second kappa shape index (κ2) is 5.28. The van der Waals surface area contributed by atoms with Crippen LogP contribution < -0.4 is 0 Å². The van der Waals surface area contributed by atoms with Gasteiger partial charge in [0, 0.05) is 12.6 Å². The molecular weight excluding hydrogens is 270 g/mol. The maximum Gasteiger partial charge on any atom is 0.254 e. The second-order valence-electron chi connectivity index (χ2n) is 7.17. The van der Waals surface area contributed by atoms with Crippen molar-refractivity contribution >= 4 is 5.91 Å². The van der Waals surface area contributed by atoms with Gasteiger partial charge in [-0.25, -0.2) is 0 Å². The van der Waals surface area contributed by atoms with Gasteiger partial charge in [-0.2, -0.15) is 0 Å². The van der Waals surface area contributed by atoms with Gasteiger partial charge < -0.3 is 4.90 Å². The van der Waals surface area contributed by atoms with Gasteiger partial charge in [-0.3, -0.25) is 4.79 Å². The molecule has 1 atom stereocenters. The molecule has 22 heavy (non-hydrogen) atoms. The van der Waals surface area contributed by atoms with Gasteiger partial charge in [-0.15, -0.1) is 0 Å². The molecule has 0 saturated heterocycles. The highest BCUT2D eigenvalue weighted by molar-refractivity contribution is 5.97. The quantitative estimate of drug-likeness (QED) is 0.765. The summed E-state index contributed by atoms with van der Waals surface area (Å²) in [6.07, 6.45) is 0.882. The smallest absolute Gasteiger partial charge is 0.254 e. The Morgan fingerprint density at radius 2 is 1.64 bits per heavy atom. The summed E-state index contributed by atoms with van der Waals surface area (Å²) in [6, 6.07) is 16.8. The van der Waals surface area contributed by atoms with E-state index < -0.39 is 0 Å². The van der Waals surface area contributed by atoms with Gasteiger partial charge in [0.25, 0.3) is 5.91 Å². The Balaban J connectivity index is 1.94. The number of nitrogens with zero attached hydrogens (tertiary/aromatic N) is 1. The first-order chi connectivity index (χ1) is 10.4. The van der Waals surface area contributed by atoms with Crippen molar-refractivity contribution in [3.63, 3.8) is 0 Å². The first-order valence-electron chi connectivity index (χ1n) is 7.83. The van der Waals surface area contributed by atoms with E-state index in [9.17, 15) is 4.79 Å². The molecule has 0 aliphatic carbocycles. The van der Waals surface area contributed by atoms with Crippen molar-refractivity contribution in [3.05, 3.63) is 70.8 Å². The summed E-state index contributed by atoms with van der Waals surface area (Å²) in [5.74, 6) is 0.117. The Bertz CT molecular complexity index is 694. The molecule has 0 N–H and O–H groups in total. The molecule has 0 fully saturated rings. The minimum absolute atomic E-state index is 0.117. The van der Waals surface area contributed by atoms with Crippen LogP contribution in [-0.2, 0) is 11.8 Å². The van der Waals surface area contributed by atoms with Gasteiger partial charge in [0.15, 0.2) is 0 Å². The van der Waals surface area contributed by atoms with E-state index >= 15 is 0 Å². The van der Waals surface area contributed by atoms with Crippen LogP contribution in [0.4, 0.5) is 0 Å². The summed E-state index contributed by atoms with van der Waals surface area (Å²) >= 11 is 0. The molecule has 2 aromatic carbocycles. The number of benzene rings is 2. The van der Waals surface area contributed by atoms with Crippen LogP contribution >= 0.6 is 0 Å². The van der Waals surface area contributed by atoms with E-state index in [0.29, 0.717) is 0 Å². The van der Waals surface area contributed by atoms with E-state index in [-0.39, 0.29) is 17.4 Å². The average Bonchev–Trinajstić information content (AvgIpc) is 2.50. The fraction of sp³-hybridized carbons (Fsp3) is 0.350. The summed E-state index contributed by atoms with van der Waals surface area (Å²) in [5.41, 5.74) is 4.67. The molecule has 3 rings (SSSR count). The van der Waals surface area contributed by atoms with Crippen molar-refractivity contribution < 1.29 is 4.79 Å². The number of rotatable bonds is 1. The molecule has 0 bridgehead atoms. The molecule has 2 nitrogen and oxygen atoms in total. The normalized spacial score (nSPS) is 18.3. The summed E-state index contributed by atoms with van der Waals surface area (Å²) in [7, 11) is 1.90. The average molecular weight is 293 g/mol. The third-order valence-electron chi connectivity index (χ3n) is 4.61. The van der Waals surface area contributed by atoms with Crippen LogP contribution in [0.25, 0.3) is 0 Å². The predicted molar refractivity (Wildman–Crippen MR) is 90.1 cm³/mol. The van der Waals surface area contributed by atoms with E-state index in [4.69, 9.17) is 0 Å². The van der Waals surface area contributed by atoms with Gasteiger partial charge >= 0.3 is 0 Å². The van der Waals surface area contributed by atoms with Crippen molar-refractivity contribution in [1.82, 2.24) is 4.90 Å². The summed E-state index contributed by atoms with van der Waals surface area (Å²) < 4.78 is 0. The van der Waals surface area contributed by atoms with Crippen LogP contribution in [-0.4, -0.2) is 17.9 Å². The van der Waals surface area contributed by atoms with E-state index in [2.05, 4.69) is 51.1 Å². The van der Waals surface area contributed by atoms with Crippen LogP contribution in [0.1, 0.15) is 53.9 Å². The number of fused-ring (bicyclic) bond motifs is 1. The summed E-state index contributed by atoms with van der Waals surface area (Å²) in [6.45, 7) is 6.65. The Morgan fingerprint density at radius 3 is 2.27 bits per heavy atom. The van der Waals surface area contributed by atoms with Crippen LogP contribution in [0.2, 0.25) is 0 Å². The van der Waals surface area contributed by atoms with Gasteiger partial charge in [0.05, 0.1) is 6.04 Å². The molecule has 0 saturated carbocycles. The van der Waals surface area contributed by atoms with Crippen molar-refractivity contribution in [2.75, 3.05) is 7.05 Å². The van der Waals surface area contributed by atoms with Crippen LogP contribution in [0.5, 0.6) is 0 Å². The number of hydrogen-bond donors (Lipinski definition) is 0. The molecule has 1 aliphatic heterocycles. The van der Waals surface area contributed by atoms with Crippen molar-refractivity contribution in [2.45, 2.75) is 38.6 Å².